The van der Waals surface area contributed by atoms with E-state index in [1.807, 2.05) is 0 Å². The van der Waals surface area contributed by atoms with Crippen molar-refractivity contribution in [2.24, 2.45) is 11.5 Å². The number of aliphatic carboxylic acids is 3. The number of carboxylic acid groups (broad SMARTS) is 3. The molecular formula is C22H29N5O11. The summed E-state index contributed by atoms with van der Waals surface area (Å²) in [7, 11) is 0. The van der Waals surface area contributed by atoms with Gasteiger partial charge in [0.15, 0.2) is 0 Å². The van der Waals surface area contributed by atoms with Gasteiger partial charge in [-0.05, 0) is 24.1 Å². The topological polar surface area (TPSA) is 289 Å². The number of carbonyl (C=O) groups is 7. The van der Waals surface area contributed by atoms with Crippen LogP contribution in [0.1, 0.15) is 31.2 Å². The van der Waals surface area contributed by atoms with E-state index >= 15 is 0 Å². The highest BCUT2D eigenvalue weighted by Gasteiger charge is 2.31. The zero-order chi connectivity index (χ0) is 29.0. The van der Waals surface area contributed by atoms with Crippen LogP contribution in [0.5, 0.6) is 5.75 Å². The minimum Gasteiger partial charge on any atom is -0.508 e. The van der Waals surface area contributed by atoms with Gasteiger partial charge in [0.25, 0.3) is 0 Å². The third kappa shape index (κ3) is 11.3. The van der Waals surface area contributed by atoms with Crippen LogP contribution in [0.2, 0.25) is 0 Å². The molecule has 11 N–H and O–H groups in total. The summed E-state index contributed by atoms with van der Waals surface area (Å²) in [6.07, 6.45) is -2.82. The number of hydrogen-bond donors (Lipinski definition) is 9. The molecule has 0 heterocycles. The minimum atomic E-state index is -1.67. The van der Waals surface area contributed by atoms with Crippen molar-refractivity contribution in [3.63, 3.8) is 0 Å². The maximum Gasteiger partial charge on any atom is 0.326 e. The van der Waals surface area contributed by atoms with Gasteiger partial charge in [-0.2, -0.15) is 0 Å². The SMILES string of the molecule is NC(=O)CC(NC(=O)C(N)CC(=O)O)C(=O)NC(Cc1ccc(O)cc1)C(=O)NC(CCC(=O)O)C(=O)O. The number of rotatable bonds is 16. The second kappa shape index (κ2) is 14.7. The van der Waals surface area contributed by atoms with Crippen molar-refractivity contribution in [3.05, 3.63) is 29.8 Å². The Labute approximate surface area is 215 Å². The van der Waals surface area contributed by atoms with Gasteiger partial charge >= 0.3 is 17.9 Å². The quantitative estimate of drug-likeness (QED) is 0.102. The molecule has 38 heavy (non-hydrogen) atoms. The summed E-state index contributed by atoms with van der Waals surface area (Å²) in [6, 6.07) is -0.956. The molecule has 1 aromatic carbocycles. The zero-order valence-corrected chi connectivity index (χ0v) is 20.0. The van der Waals surface area contributed by atoms with Gasteiger partial charge in [0, 0.05) is 12.8 Å². The number of phenols is 1. The highest BCUT2D eigenvalue weighted by atomic mass is 16.4. The van der Waals surface area contributed by atoms with Crippen molar-refractivity contribution in [1.82, 2.24) is 16.0 Å². The van der Waals surface area contributed by atoms with Gasteiger partial charge in [0.2, 0.25) is 23.6 Å². The Kier molecular flexibility index (Phi) is 12.1. The number of primary amides is 1. The van der Waals surface area contributed by atoms with Crippen LogP contribution < -0.4 is 27.4 Å². The summed E-state index contributed by atoms with van der Waals surface area (Å²) in [5, 5.41) is 42.9. The lowest BCUT2D eigenvalue weighted by Gasteiger charge is -2.25. The third-order valence-electron chi connectivity index (χ3n) is 5.04. The molecule has 16 heteroatoms. The number of carboxylic acids is 3. The predicted octanol–water partition coefficient (Wildman–Crippen LogP) is -2.98. The van der Waals surface area contributed by atoms with E-state index in [1.165, 1.54) is 24.3 Å². The molecule has 0 saturated heterocycles. The normalized spacial score (nSPS) is 13.7. The minimum absolute atomic E-state index is 0.0969. The maximum absolute atomic E-state index is 13.0. The number of nitrogens with two attached hydrogens (primary N) is 2. The number of hydrogen-bond acceptors (Lipinski definition) is 9. The smallest absolute Gasteiger partial charge is 0.326 e. The van der Waals surface area contributed by atoms with Crippen LogP contribution in [0.4, 0.5) is 0 Å². The van der Waals surface area contributed by atoms with E-state index in [0.717, 1.165) is 0 Å². The van der Waals surface area contributed by atoms with Gasteiger partial charge in [-0.3, -0.25) is 28.8 Å². The number of nitrogens with one attached hydrogen (secondary N) is 3. The molecule has 16 nitrogen and oxygen atoms in total. The van der Waals surface area contributed by atoms with Crippen molar-refractivity contribution in [2.75, 3.05) is 0 Å². The largest absolute Gasteiger partial charge is 0.508 e. The van der Waals surface area contributed by atoms with Crippen LogP contribution in [0.25, 0.3) is 0 Å². The molecule has 208 valence electrons. The monoisotopic (exact) mass is 539 g/mol. The standard InChI is InChI=1S/C22H29N5O11/c23-12(8-18(32)33)19(34)26-15(9-16(24)29)21(36)27-14(7-10-1-3-11(28)4-2-10)20(35)25-13(22(37)38)5-6-17(30)31/h1-4,12-15,28H,5-9,23H2,(H2,24,29)(H,25,35)(H,26,34)(H,27,36)(H,30,31)(H,32,33)(H,37,38). The highest BCUT2D eigenvalue weighted by molar-refractivity contribution is 5.96. The van der Waals surface area contributed by atoms with Crippen LogP contribution in [-0.4, -0.2) is 86.1 Å². The summed E-state index contributed by atoms with van der Waals surface area (Å²) in [5.74, 6) is -8.58. The summed E-state index contributed by atoms with van der Waals surface area (Å²) in [5.41, 5.74) is 11.0. The number of phenolic OH excluding ortho intramolecular Hbond substituents is 1. The Morgan fingerprint density at radius 1 is 0.737 bits per heavy atom. The van der Waals surface area contributed by atoms with Crippen molar-refractivity contribution in [1.29, 1.82) is 0 Å². The molecule has 0 aliphatic heterocycles. The van der Waals surface area contributed by atoms with E-state index < -0.39 is 91.4 Å². The number of benzene rings is 1. The molecule has 1 aromatic rings. The Bertz CT molecular complexity index is 1060. The highest BCUT2D eigenvalue weighted by Crippen LogP contribution is 2.12. The zero-order valence-electron chi connectivity index (χ0n) is 20.0. The molecule has 4 atom stereocenters. The fourth-order valence-corrected chi connectivity index (χ4v) is 3.12. The van der Waals surface area contributed by atoms with E-state index in [0.29, 0.717) is 5.56 Å². The average Bonchev–Trinajstić information content (AvgIpc) is 2.80. The first-order valence-electron chi connectivity index (χ1n) is 11.1. The van der Waals surface area contributed by atoms with Gasteiger partial charge in [0.1, 0.15) is 23.9 Å². The molecule has 0 spiro atoms. The fraction of sp³-hybridized carbons (Fsp3) is 0.409. The van der Waals surface area contributed by atoms with E-state index in [1.54, 1.807) is 0 Å². The molecule has 4 unspecified atom stereocenters. The second-order valence-electron chi connectivity index (χ2n) is 8.20. The molecule has 0 aliphatic carbocycles. The van der Waals surface area contributed by atoms with Gasteiger partial charge < -0.3 is 47.8 Å². The van der Waals surface area contributed by atoms with Crippen molar-refractivity contribution in [2.45, 2.75) is 56.3 Å². The summed E-state index contributed by atoms with van der Waals surface area (Å²) in [4.78, 5) is 82.7. The molecule has 0 aromatic heterocycles. The van der Waals surface area contributed by atoms with E-state index in [4.69, 9.17) is 21.7 Å². The molecular weight excluding hydrogens is 510 g/mol. The van der Waals surface area contributed by atoms with Crippen LogP contribution >= 0.6 is 0 Å². The lowest BCUT2D eigenvalue weighted by atomic mass is 10.0. The average molecular weight is 539 g/mol. The van der Waals surface area contributed by atoms with Crippen LogP contribution in [0.3, 0.4) is 0 Å². The Balaban J connectivity index is 3.18. The van der Waals surface area contributed by atoms with Crippen LogP contribution in [0, 0.1) is 0 Å². The summed E-state index contributed by atoms with van der Waals surface area (Å²) < 4.78 is 0. The van der Waals surface area contributed by atoms with Gasteiger partial charge in [-0.25, -0.2) is 4.79 Å². The number of amides is 4. The molecule has 0 bridgehead atoms. The van der Waals surface area contributed by atoms with Crippen molar-refractivity contribution >= 4 is 41.5 Å². The molecule has 0 saturated carbocycles. The molecule has 0 radical (unpaired) electrons. The van der Waals surface area contributed by atoms with E-state index in [9.17, 15) is 43.8 Å². The van der Waals surface area contributed by atoms with Gasteiger partial charge in [0.05, 0.1) is 18.9 Å². The van der Waals surface area contributed by atoms with E-state index in [-0.39, 0.29) is 12.2 Å². The molecule has 0 fully saturated rings. The Hall–Kier alpha value is -4.73. The first-order valence-corrected chi connectivity index (χ1v) is 11.1. The lowest BCUT2D eigenvalue weighted by Crippen LogP contribution is -2.58. The number of aromatic hydroxyl groups is 1. The first kappa shape index (κ1) is 31.3. The summed E-state index contributed by atoms with van der Waals surface area (Å²) in [6.45, 7) is 0. The number of carbonyl (C=O) groups excluding carboxylic acids is 4. The van der Waals surface area contributed by atoms with Crippen molar-refractivity contribution in [3.8, 4) is 5.75 Å². The second-order valence-corrected chi connectivity index (χ2v) is 8.20. The fourth-order valence-electron chi connectivity index (χ4n) is 3.12. The maximum atomic E-state index is 13.0. The molecule has 0 aliphatic rings. The Morgan fingerprint density at radius 2 is 1.26 bits per heavy atom. The molecule has 1 rings (SSSR count). The third-order valence-corrected chi connectivity index (χ3v) is 5.04. The molecule has 4 amide bonds. The summed E-state index contributed by atoms with van der Waals surface area (Å²) >= 11 is 0. The van der Waals surface area contributed by atoms with Crippen molar-refractivity contribution < 1.29 is 54.0 Å². The van der Waals surface area contributed by atoms with Gasteiger partial charge in [-0.1, -0.05) is 12.1 Å². The van der Waals surface area contributed by atoms with Crippen LogP contribution in [0.15, 0.2) is 24.3 Å². The van der Waals surface area contributed by atoms with Crippen LogP contribution in [-0.2, 0) is 40.0 Å². The van der Waals surface area contributed by atoms with E-state index in [2.05, 4.69) is 16.0 Å². The lowest BCUT2D eigenvalue weighted by molar-refractivity contribution is -0.143. The predicted molar refractivity (Wildman–Crippen MR) is 126 cm³/mol. The first-order chi connectivity index (χ1) is 17.7. The van der Waals surface area contributed by atoms with Gasteiger partial charge in [-0.15, -0.1) is 0 Å². The Morgan fingerprint density at radius 3 is 1.76 bits per heavy atom.